The molecule has 1 aromatic carbocycles. The molecular weight excluding hydrogens is 326 g/mol. The number of aryl methyl sites for hydroxylation is 1. The number of carbonyl (C=O) groups is 1. The van der Waals surface area contributed by atoms with Gasteiger partial charge in [-0.1, -0.05) is 17.7 Å². The lowest BCUT2D eigenvalue weighted by molar-refractivity contribution is -0.132. The van der Waals surface area contributed by atoms with E-state index < -0.39 is 10.0 Å². The molecule has 0 N–H and O–H groups in total. The third-order valence-electron chi connectivity index (χ3n) is 4.33. The molecule has 1 aliphatic heterocycles. The molecule has 0 saturated carbocycles. The first-order valence-electron chi connectivity index (χ1n) is 8.28. The van der Waals surface area contributed by atoms with Crippen LogP contribution in [0.15, 0.2) is 24.3 Å². The Bertz CT molecular complexity index is 650. The van der Waals surface area contributed by atoms with Crippen molar-refractivity contribution in [2.75, 3.05) is 50.3 Å². The van der Waals surface area contributed by atoms with Gasteiger partial charge in [0.25, 0.3) is 0 Å². The normalized spacial score (nSPS) is 16.2. The highest BCUT2D eigenvalue weighted by atomic mass is 32.2. The van der Waals surface area contributed by atoms with Crippen LogP contribution in [0.1, 0.15) is 18.4 Å². The number of hydrogen-bond donors (Lipinski definition) is 0. The first-order valence-corrected chi connectivity index (χ1v) is 10.1. The molecule has 2 rings (SSSR count). The molecule has 1 heterocycles. The molecule has 0 radical (unpaired) electrons. The predicted octanol–water partition coefficient (Wildman–Crippen LogP) is 1.32. The SMILES string of the molecule is Cc1ccc(N(CCCC(=O)N2CCN(C)CC2)S(C)(=O)=O)cc1. The molecule has 7 heteroatoms. The van der Waals surface area contributed by atoms with E-state index in [1.165, 1.54) is 10.6 Å². The number of nitrogens with zero attached hydrogens (tertiary/aromatic N) is 3. The molecule has 0 bridgehead atoms. The van der Waals surface area contributed by atoms with Crippen LogP contribution in [0.4, 0.5) is 5.69 Å². The van der Waals surface area contributed by atoms with Crippen LogP contribution in [0, 0.1) is 6.92 Å². The molecule has 1 fully saturated rings. The van der Waals surface area contributed by atoms with Crippen molar-refractivity contribution in [1.82, 2.24) is 9.80 Å². The van der Waals surface area contributed by atoms with Gasteiger partial charge in [0, 0.05) is 39.1 Å². The zero-order valence-electron chi connectivity index (χ0n) is 14.7. The quantitative estimate of drug-likeness (QED) is 0.774. The monoisotopic (exact) mass is 353 g/mol. The lowest BCUT2D eigenvalue weighted by atomic mass is 10.2. The Kier molecular flexibility index (Phi) is 6.23. The fraction of sp³-hybridized carbons (Fsp3) is 0.588. The summed E-state index contributed by atoms with van der Waals surface area (Å²) in [5, 5.41) is 0. The Morgan fingerprint density at radius 3 is 2.25 bits per heavy atom. The van der Waals surface area contributed by atoms with Gasteiger partial charge in [0.1, 0.15) is 0 Å². The lowest BCUT2D eigenvalue weighted by Crippen LogP contribution is -2.47. The summed E-state index contributed by atoms with van der Waals surface area (Å²) < 4.78 is 25.5. The minimum Gasteiger partial charge on any atom is -0.340 e. The predicted molar refractivity (Wildman–Crippen MR) is 96.7 cm³/mol. The molecular formula is C17H27N3O3S. The zero-order chi connectivity index (χ0) is 17.7. The summed E-state index contributed by atoms with van der Waals surface area (Å²) in [6.45, 7) is 5.58. The summed E-state index contributed by atoms with van der Waals surface area (Å²) in [6, 6.07) is 7.39. The fourth-order valence-corrected chi connectivity index (χ4v) is 3.75. The molecule has 134 valence electrons. The first-order chi connectivity index (χ1) is 11.3. The number of sulfonamides is 1. The van der Waals surface area contributed by atoms with Gasteiger partial charge in [0.05, 0.1) is 11.9 Å². The number of piperazine rings is 1. The average molecular weight is 353 g/mol. The maximum Gasteiger partial charge on any atom is 0.232 e. The Morgan fingerprint density at radius 2 is 1.71 bits per heavy atom. The van der Waals surface area contributed by atoms with Crippen LogP contribution < -0.4 is 4.31 Å². The van der Waals surface area contributed by atoms with Gasteiger partial charge in [-0.3, -0.25) is 9.10 Å². The summed E-state index contributed by atoms with van der Waals surface area (Å²) in [6.07, 6.45) is 2.10. The third kappa shape index (κ3) is 5.21. The molecule has 0 spiro atoms. The van der Waals surface area contributed by atoms with Gasteiger partial charge < -0.3 is 9.80 Å². The van der Waals surface area contributed by atoms with Crippen LogP contribution in [-0.4, -0.2) is 70.2 Å². The van der Waals surface area contributed by atoms with Crippen molar-refractivity contribution < 1.29 is 13.2 Å². The van der Waals surface area contributed by atoms with Crippen molar-refractivity contribution in [3.8, 4) is 0 Å². The average Bonchev–Trinajstić information content (AvgIpc) is 2.52. The number of likely N-dealkylation sites (N-methyl/N-ethyl adjacent to an activating group) is 1. The zero-order valence-corrected chi connectivity index (χ0v) is 15.6. The van der Waals surface area contributed by atoms with Crippen LogP contribution in [0.2, 0.25) is 0 Å². The van der Waals surface area contributed by atoms with E-state index in [0.29, 0.717) is 25.1 Å². The smallest absolute Gasteiger partial charge is 0.232 e. The minimum absolute atomic E-state index is 0.112. The molecule has 0 aromatic heterocycles. The molecule has 1 aliphatic rings. The van der Waals surface area contributed by atoms with E-state index in [0.717, 1.165) is 31.7 Å². The lowest BCUT2D eigenvalue weighted by Gasteiger charge is -2.32. The van der Waals surface area contributed by atoms with Gasteiger partial charge in [-0.2, -0.15) is 0 Å². The van der Waals surface area contributed by atoms with E-state index in [9.17, 15) is 13.2 Å². The van der Waals surface area contributed by atoms with Gasteiger partial charge in [-0.15, -0.1) is 0 Å². The third-order valence-corrected chi connectivity index (χ3v) is 5.52. The highest BCUT2D eigenvalue weighted by Gasteiger charge is 2.21. The fourth-order valence-electron chi connectivity index (χ4n) is 2.79. The maximum atomic E-state index is 12.3. The number of carbonyl (C=O) groups excluding carboxylic acids is 1. The highest BCUT2D eigenvalue weighted by Crippen LogP contribution is 2.19. The molecule has 6 nitrogen and oxygen atoms in total. The second-order valence-electron chi connectivity index (χ2n) is 6.46. The van der Waals surface area contributed by atoms with Crippen LogP contribution in [0.3, 0.4) is 0 Å². The maximum absolute atomic E-state index is 12.3. The van der Waals surface area contributed by atoms with Crippen molar-refractivity contribution in [2.45, 2.75) is 19.8 Å². The summed E-state index contributed by atoms with van der Waals surface area (Å²) >= 11 is 0. The summed E-state index contributed by atoms with van der Waals surface area (Å²) in [7, 11) is -1.31. The topological polar surface area (TPSA) is 60.9 Å². The molecule has 1 amide bonds. The van der Waals surface area contributed by atoms with E-state index in [1.807, 2.05) is 31.0 Å². The Balaban J connectivity index is 1.91. The van der Waals surface area contributed by atoms with E-state index in [1.54, 1.807) is 12.1 Å². The van der Waals surface area contributed by atoms with Gasteiger partial charge in [-0.05, 0) is 32.5 Å². The number of amides is 1. The summed E-state index contributed by atoms with van der Waals surface area (Å²) in [5.41, 5.74) is 1.73. The number of hydrogen-bond acceptors (Lipinski definition) is 4. The van der Waals surface area contributed by atoms with Crippen molar-refractivity contribution in [3.63, 3.8) is 0 Å². The minimum atomic E-state index is -3.36. The largest absolute Gasteiger partial charge is 0.340 e. The van der Waals surface area contributed by atoms with Crippen molar-refractivity contribution in [1.29, 1.82) is 0 Å². The molecule has 1 saturated heterocycles. The second kappa shape index (κ2) is 7.98. The Labute approximate surface area is 145 Å². The van der Waals surface area contributed by atoms with Gasteiger partial charge in [0.15, 0.2) is 0 Å². The van der Waals surface area contributed by atoms with Crippen LogP contribution in [-0.2, 0) is 14.8 Å². The van der Waals surface area contributed by atoms with E-state index in [4.69, 9.17) is 0 Å². The molecule has 24 heavy (non-hydrogen) atoms. The number of rotatable bonds is 6. The molecule has 1 aromatic rings. The van der Waals surface area contributed by atoms with Crippen LogP contribution >= 0.6 is 0 Å². The standard InChI is InChI=1S/C17H27N3O3S/c1-15-6-8-16(9-7-15)20(24(3,22)23)10-4-5-17(21)19-13-11-18(2)12-14-19/h6-9H,4-5,10-14H2,1-3H3. The van der Waals surface area contributed by atoms with Crippen LogP contribution in [0.5, 0.6) is 0 Å². The first kappa shape index (κ1) is 18.7. The number of anilines is 1. The summed E-state index contributed by atoms with van der Waals surface area (Å²) in [4.78, 5) is 16.3. The van der Waals surface area contributed by atoms with Gasteiger partial charge in [0.2, 0.25) is 15.9 Å². The van der Waals surface area contributed by atoms with Gasteiger partial charge >= 0.3 is 0 Å². The summed E-state index contributed by atoms with van der Waals surface area (Å²) in [5.74, 6) is 0.112. The Morgan fingerprint density at radius 1 is 1.12 bits per heavy atom. The van der Waals surface area contributed by atoms with E-state index >= 15 is 0 Å². The van der Waals surface area contributed by atoms with E-state index in [-0.39, 0.29) is 5.91 Å². The van der Waals surface area contributed by atoms with Crippen molar-refractivity contribution in [2.24, 2.45) is 0 Å². The highest BCUT2D eigenvalue weighted by molar-refractivity contribution is 7.92. The molecule has 0 aliphatic carbocycles. The van der Waals surface area contributed by atoms with Crippen LogP contribution in [0.25, 0.3) is 0 Å². The van der Waals surface area contributed by atoms with Crippen molar-refractivity contribution in [3.05, 3.63) is 29.8 Å². The number of benzene rings is 1. The second-order valence-corrected chi connectivity index (χ2v) is 8.37. The Hall–Kier alpha value is -1.60. The van der Waals surface area contributed by atoms with Gasteiger partial charge in [-0.25, -0.2) is 8.42 Å². The van der Waals surface area contributed by atoms with E-state index in [2.05, 4.69) is 4.90 Å². The molecule has 0 unspecified atom stereocenters. The molecule has 0 atom stereocenters. The van der Waals surface area contributed by atoms with Crippen molar-refractivity contribution >= 4 is 21.6 Å².